The van der Waals surface area contributed by atoms with Crippen molar-refractivity contribution in [1.29, 1.82) is 0 Å². The lowest BCUT2D eigenvalue weighted by Gasteiger charge is -2.32. The molecule has 112 valence electrons. The monoisotopic (exact) mass is 298 g/mol. The number of ether oxygens (including phenoxy) is 1. The molecule has 0 aliphatic carbocycles. The van der Waals surface area contributed by atoms with E-state index in [1.165, 1.54) is 4.31 Å². The summed E-state index contributed by atoms with van der Waals surface area (Å²) in [4.78, 5) is 0. The van der Waals surface area contributed by atoms with E-state index < -0.39 is 10.0 Å². The summed E-state index contributed by atoms with van der Waals surface area (Å²) in [7, 11) is -0.0398. The molecule has 1 heterocycles. The van der Waals surface area contributed by atoms with E-state index in [9.17, 15) is 8.42 Å². The third kappa shape index (κ3) is 3.31. The van der Waals surface area contributed by atoms with Gasteiger partial charge in [0, 0.05) is 38.2 Å². The van der Waals surface area contributed by atoms with Crippen molar-refractivity contribution in [1.82, 2.24) is 9.62 Å². The summed E-state index contributed by atoms with van der Waals surface area (Å²) in [6.07, 6.45) is 0. The fourth-order valence-electron chi connectivity index (χ4n) is 2.33. The summed E-state index contributed by atoms with van der Waals surface area (Å²) in [6, 6.07) is 8.04. The highest BCUT2D eigenvalue weighted by atomic mass is 32.2. The van der Waals surface area contributed by atoms with E-state index >= 15 is 0 Å². The average Bonchev–Trinajstić information content (AvgIpc) is 2.41. The number of para-hydroxylation sites is 1. The van der Waals surface area contributed by atoms with Crippen LogP contribution in [0, 0.1) is 5.92 Å². The van der Waals surface area contributed by atoms with Crippen LogP contribution in [0.5, 0.6) is 5.75 Å². The largest absolute Gasteiger partial charge is 0.493 e. The minimum absolute atomic E-state index is 0.103. The Morgan fingerprint density at radius 2 is 2.05 bits per heavy atom. The molecule has 1 aromatic carbocycles. The van der Waals surface area contributed by atoms with Crippen LogP contribution >= 0.6 is 0 Å². The fraction of sp³-hybridized carbons (Fsp3) is 0.571. The van der Waals surface area contributed by atoms with E-state index in [-0.39, 0.29) is 11.8 Å². The molecule has 0 saturated heterocycles. The van der Waals surface area contributed by atoms with E-state index in [0.29, 0.717) is 19.1 Å². The lowest BCUT2D eigenvalue weighted by atomic mass is 9.92. The molecule has 0 bridgehead atoms. The van der Waals surface area contributed by atoms with Gasteiger partial charge in [0.25, 0.3) is 0 Å². The predicted molar refractivity (Wildman–Crippen MR) is 79.3 cm³/mol. The molecule has 0 aromatic heterocycles. The number of fused-ring (bicyclic) bond motifs is 1. The summed E-state index contributed by atoms with van der Waals surface area (Å²) in [6.45, 7) is 3.19. The Balaban J connectivity index is 2.03. The number of hydrogen-bond acceptors (Lipinski definition) is 4. The molecule has 2 unspecified atom stereocenters. The van der Waals surface area contributed by atoms with Gasteiger partial charge in [0.05, 0.1) is 12.4 Å². The highest BCUT2D eigenvalue weighted by Gasteiger charge is 2.27. The molecule has 1 aliphatic heterocycles. The van der Waals surface area contributed by atoms with Gasteiger partial charge in [-0.3, -0.25) is 0 Å². The summed E-state index contributed by atoms with van der Waals surface area (Å²) < 4.78 is 30.5. The lowest BCUT2D eigenvalue weighted by Crippen LogP contribution is -2.38. The van der Waals surface area contributed by atoms with Gasteiger partial charge in [-0.1, -0.05) is 25.1 Å². The van der Waals surface area contributed by atoms with Gasteiger partial charge in [-0.15, -0.1) is 0 Å². The second kappa shape index (κ2) is 6.11. The molecule has 0 saturated carbocycles. The van der Waals surface area contributed by atoms with E-state index in [4.69, 9.17) is 4.74 Å². The Labute approximate surface area is 121 Å². The first-order valence-corrected chi connectivity index (χ1v) is 8.38. The Morgan fingerprint density at radius 1 is 1.35 bits per heavy atom. The third-order valence-electron chi connectivity index (χ3n) is 3.61. The van der Waals surface area contributed by atoms with Crippen LogP contribution in [0.1, 0.15) is 18.5 Å². The summed E-state index contributed by atoms with van der Waals surface area (Å²) in [5.74, 6) is 1.30. The van der Waals surface area contributed by atoms with E-state index in [1.54, 1.807) is 14.1 Å². The topological polar surface area (TPSA) is 58.6 Å². The van der Waals surface area contributed by atoms with Crippen LogP contribution < -0.4 is 10.1 Å². The molecule has 20 heavy (non-hydrogen) atoms. The molecule has 1 aliphatic rings. The van der Waals surface area contributed by atoms with Gasteiger partial charge in [-0.2, -0.15) is 0 Å². The van der Waals surface area contributed by atoms with Crippen LogP contribution in [-0.2, 0) is 10.0 Å². The van der Waals surface area contributed by atoms with Crippen molar-refractivity contribution in [3.63, 3.8) is 0 Å². The standard InChI is InChI=1S/C14H22N2O3S/c1-11-10-19-13-7-5-4-6-12(13)14(11)15-8-9-20(17,18)16(2)3/h4-7,11,14-15H,8-10H2,1-3H3. The van der Waals surface area contributed by atoms with Gasteiger partial charge in [0.15, 0.2) is 0 Å². The molecule has 2 rings (SSSR count). The molecule has 1 N–H and O–H groups in total. The molecule has 0 amide bonds. The Morgan fingerprint density at radius 3 is 2.75 bits per heavy atom. The second-order valence-corrected chi connectivity index (χ2v) is 7.66. The van der Waals surface area contributed by atoms with Crippen LogP contribution in [0.3, 0.4) is 0 Å². The highest BCUT2D eigenvalue weighted by Crippen LogP contribution is 2.34. The number of nitrogens with one attached hydrogen (secondary N) is 1. The first kappa shape index (κ1) is 15.3. The number of hydrogen-bond donors (Lipinski definition) is 1. The predicted octanol–water partition coefficient (Wildman–Crippen LogP) is 1.24. The zero-order valence-corrected chi connectivity index (χ0v) is 13.0. The maximum atomic E-state index is 11.8. The van der Waals surface area contributed by atoms with E-state index in [0.717, 1.165) is 11.3 Å². The van der Waals surface area contributed by atoms with Crippen LogP contribution in [0.15, 0.2) is 24.3 Å². The van der Waals surface area contributed by atoms with Crippen molar-refractivity contribution in [2.24, 2.45) is 5.92 Å². The molecule has 6 heteroatoms. The molecule has 0 radical (unpaired) electrons. The maximum Gasteiger partial charge on any atom is 0.214 e. The molecule has 1 aromatic rings. The number of nitrogens with zero attached hydrogens (tertiary/aromatic N) is 1. The van der Waals surface area contributed by atoms with Crippen molar-refractivity contribution in [2.75, 3.05) is 33.0 Å². The van der Waals surface area contributed by atoms with Gasteiger partial charge in [-0.25, -0.2) is 12.7 Å². The first-order valence-electron chi connectivity index (χ1n) is 6.77. The van der Waals surface area contributed by atoms with E-state index in [1.807, 2.05) is 24.3 Å². The summed E-state index contributed by atoms with van der Waals surface area (Å²) >= 11 is 0. The molecule has 2 atom stereocenters. The second-order valence-electron chi connectivity index (χ2n) is 5.36. The Bertz CT molecular complexity index is 557. The molecule has 0 fully saturated rings. The highest BCUT2D eigenvalue weighted by molar-refractivity contribution is 7.89. The van der Waals surface area contributed by atoms with E-state index in [2.05, 4.69) is 12.2 Å². The Hall–Kier alpha value is -1.11. The van der Waals surface area contributed by atoms with Gasteiger partial charge in [-0.05, 0) is 6.07 Å². The minimum atomic E-state index is -3.15. The lowest BCUT2D eigenvalue weighted by molar-refractivity contribution is 0.190. The minimum Gasteiger partial charge on any atom is -0.493 e. The zero-order chi connectivity index (χ0) is 14.8. The summed E-state index contributed by atoms with van der Waals surface area (Å²) in [5, 5.41) is 3.35. The molecular weight excluding hydrogens is 276 g/mol. The zero-order valence-electron chi connectivity index (χ0n) is 12.2. The van der Waals surface area contributed by atoms with Crippen molar-refractivity contribution in [2.45, 2.75) is 13.0 Å². The first-order chi connectivity index (χ1) is 9.42. The summed E-state index contributed by atoms with van der Waals surface area (Å²) in [5.41, 5.74) is 1.11. The SMILES string of the molecule is CC1COc2ccccc2C1NCCS(=O)(=O)N(C)C. The van der Waals surface area contributed by atoms with Gasteiger partial charge < -0.3 is 10.1 Å². The maximum absolute atomic E-state index is 11.8. The number of sulfonamides is 1. The van der Waals surface area contributed by atoms with Gasteiger partial charge >= 0.3 is 0 Å². The van der Waals surface area contributed by atoms with Gasteiger partial charge in [0.2, 0.25) is 10.0 Å². The number of rotatable bonds is 5. The number of benzene rings is 1. The van der Waals surface area contributed by atoms with Crippen LogP contribution in [0.2, 0.25) is 0 Å². The van der Waals surface area contributed by atoms with Crippen LogP contribution in [0.4, 0.5) is 0 Å². The molecule has 5 nitrogen and oxygen atoms in total. The average molecular weight is 298 g/mol. The quantitative estimate of drug-likeness (QED) is 0.888. The molecule has 0 spiro atoms. The Kier molecular flexibility index (Phi) is 4.67. The van der Waals surface area contributed by atoms with Crippen molar-refractivity contribution < 1.29 is 13.2 Å². The normalized spacial score (nSPS) is 22.4. The molecular formula is C14H22N2O3S. The van der Waals surface area contributed by atoms with Crippen LogP contribution in [-0.4, -0.2) is 45.7 Å². The van der Waals surface area contributed by atoms with Gasteiger partial charge in [0.1, 0.15) is 5.75 Å². The smallest absolute Gasteiger partial charge is 0.214 e. The van der Waals surface area contributed by atoms with Crippen molar-refractivity contribution >= 4 is 10.0 Å². The van der Waals surface area contributed by atoms with Crippen molar-refractivity contribution in [3.05, 3.63) is 29.8 Å². The van der Waals surface area contributed by atoms with Crippen molar-refractivity contribution in [3.8, 4) is 5.75 Å². The van der Waals surface area contributed by atoms with Crippen LogP contribution in [0.25, 0.3) is 0 Å². The third-order valence-corrected chi connectivity index (χ3v) is 5.44. The fourth-order valence-corrected chi connectivity index (χ4v) is 3.07.